The third-order valence-corrected chi connectivity index (χ3v) is 6.61. The van der Waals surface area contributed by atoms with Crippen molar-refractivity contribution in [2.45, 2.75) is 19.9 Å². The van der Waals surface area contributed by atoms with Crippen LogP contribution in [-0.4, -0.2) is 30.3 Å². The Kier molecular flexibility index (Phi) is 8.91. The van der Waals surface area contributed by atoms with Crippen LogP contribution >= 0.6 is 34.8 Å². The Balaban J connectivity index is 1.45. The van der Waals surface area contributed by atoms with Crippen molar-refractivity contribution in [2.24, 2.45) is 0 Å². The van der Waals surface area contributed by atoms with Crippen LogP contribution in [0.25, 0.3) is 0 Å². The number of anilines is 2. The lowest BCUT2D eigenvalue weighted by Gasteiger charge is -2.15. The lowest BCUT2D eigenvalue weighted by Crippen LogP contribution is -2.32. The van der Waals surface area contributed by atoms with Crippen molar-refractivity contribution in [1.29, 1.82) is 0 Å². The summed E-state index contributed by atoms with van der Waals surface area (Å²) in [7, 11) is 0. The molecule has 3 aromatic carbocycles. The first-order valence-corrected chi connectivity index (χ1v) is 13.0. The molecule has 0 spiro atoms. The van der Waals surface area contributed by atoms with Gasteiger partial charge >= 0.3 is 5.97 Å². The molecule has 1 aliphatic heterocycles. The van der Waals surface area contributed by atoms with E-state index in [2.05, 4.69) is 10.6 Å². The zero-order valence-corrected chi connectivity index (χ0v) is 22.9. The van der Waals surface area contributed by atoms with Gasteiger partial charge in [-0.25, -0.2) is 9.69 Å². The van der Waals surface area contributed by atoms with Crippen molar-refractivity contribution in [3.8, 4) is 0 Å². The van der Waals surface area contributed by atoms with E-state index in [1.807, 2.05) is 6.92 Å². The van der Waals surface area contributed by atoms with Gasteiger partial charge in [0.25, 0.3) is 17.7 Å². The van der Waals surface area contributed by atoms with E-state index < -0.39 is 17.8 Å². The highest BCUT2D eigenvalue weighted by Gasteiger charge is 2.39. The molecule has 0 saturated carbocycles. The fraction of sp³-hybridized carbons (Fsp3) is 0.143. The van der Waals surface area contributed by atoms with Crippen LogP contribution in [0.1, 0.15) is 39.6 Å². The van der Waals surface area contributed by atoms with Gasteiger partial charge in [0.2, 0.25) is 0 Å². The highest BCUT2D eigenvalue weighted by atomic mass is 35.5. The van der Waals surface area contributed by atoms with Gasteiger partial charge < -0.3 is 15.4 Å². The average molecular weight is 587 g/mol. The van der Waals surface area contributed by atoms with Crippen LogP contribution in [0.5, 0.6) is 0 Å². The average Bonchev–Trinajstić information content (AvgIpc) is 3.14. The zero-order valence-electron chi connectivity index (χ0n) is 20.6. The predicted octanol–water partition coefficient (Wildman–Crippen LogP) is 5.93. The summed E-state index contributed by atoms with van der Waals surface area (Å²) in [6, 6.07) is 17.2. The smallest absolute Gasteiger partial charge is 0.338 e. The van der Waals surface area contributed by atoms with E-state index in [-0.39, 0.29) is 41.0 Å². The van der Waals surface area contributed by atoms with E-state index in [0.717, 1.165) is 4.90 Å². The summed E-state index contributed by atoms with van der Waals surface area (Å²) >= 11 is 18.3. The molecule has 0 bridgehead atoms. The Labute approximate surface area is 239 Å². The molecular weight excluding hydrogens is 565 g/mol. The second-order valence-electron chi connectivity index (χ2n) is 8.44. The van der Waals surface area contributed by atoms with Crippen LogP contribution in [0.4, 0.5) is 11.4 Å². The molecule has 1 aliphatic rings. The van der Waals surface area contributed by atoms with Crippen LogP contribution < -0.4 is 15.5 Å². The first kappa shape index (κ1) is 28.2. The van der Waals surface area contributed by atoms with Gasteiger partial charge in [-0.3, -0.25) is 14.4 Å². The van der Waals surface area contributed by atoms with Crippen LogP contribution in [-0.2, 0) is 20.9 Å². The number of ether oxygens (including phenoxy) is 1. The number of carbonyl (C=O) groups is 4. The molecular formula is C28H22Cl3N3O5. The van der Waals surface area contributed by atoms with Crippen molar-refractivity contribution in [2.75, 3.05) is 16.8 Å². The summed E-state index contributed by atoms with van der Waals surface area (Å²) < 4.78 is 5.09. The number of rotatable bonds is 9. The first-order valence-electron chi connectivity index (χ1n) is 11.8. The zero-order chi connectivity index (χ0) is 28.1. The number of benzene rings is 3. The highest BCUT2D eigenvalue weighted by Crippen LogP contribution is 2.30. The van der Waals surface area contributed by atoms with E-state index in [0.29, 0.717) is 33.3 Å². The van der Waals surface area contributed by atoms with Gasteiger partial charge in [0.05, 0.1) is 17.9 Å². The molecule has 3 amide bonds. The van der Waals surface area contributed by atoms with Gasteiger partial charge in [-0.15, -0.1) is 0 Å². The van der Waals surface area contributed by atoms with Crippen LogP contribution in [0.2, 0.25) is 10.0 Å². The molecule has 8 nitrogen and oxygen atoms in total. The molecule has 3 aromatic rings. The van der Waals surface area contributed by atoms with E-state index in [1.165, 1.54) is 30.3 Å². The highest BCUT2D eigenvalue weighted by molar-refractivity contribution is 6.53. The second kappa shape index (κ2) is 12.3. The molecule has 0 aromatic heterocycles. The Bertz CT molecular complexity index is 1490. The maximum Gasteiger partial charge on any atom is 0.338 e. The molecule has 0 saturated heterocycles. The standard InChI is InChI=1S/C28H22Cl3N3O5/c1-2-12-39-28(38)16-7-10-21(11-8-16)34-26(36)23(31)24(27(34)37)33-20-5-3-4-17(13-20)25(35)32-15-18-6-9-19(29)14-22(18)30/h3-11,13-14,33H,2,12,15H2,1H3,(H,32,35). The number of hydrogen-bond acceptors (Lipinski definition) is 6. The van der Waals surface area contributed by atoms with Gasteiger partial charge in [0.1, 0.15) is 10.7 Å². The third-order valence-electron chi connectivity index (χ3n) is 5.67. The SMILES string of the molecule is CCCOC(=O)c1ccc(N2C(=O)C(Cl)=C(Nc3cccc(C(=O)NCc4ccc(Cl)cc4Cl)c3)C2=O)cc1. The number of amides is 3. The summed E-state index contributed by atoms with van der Waals surface area (Å²) in [4.78, 5) is 51.6. The molecule has 200 valence electrons. The molecule has 1 heterocycles. The summed E-state index contributed by atoms with van der Waals surface area (Å²) in [6.45, 7) is 2.35. The Morgan fingerprint density at radius 3 is 2.33 bits per heavy atom. The second-order valence-corrected chi connectivity index (χ2v) is 9.66. The number of esters is 1. The van der Waals surface area contributed by atoms with E-state index >= 15 is 0 Å². The largest absolute Gasteiger partial charge is 0.462 e. The Morgan fingerprint density at radius 2 is 1.64 bits per heavy atom. The molecule has 11 heteroatoms. The summed E-state index contributed by atoms with van der Waals surface area (Å²) in [5.41, 5.74) is 1.76. The number of imide groups is 1. The van der Waals surface area contributed by atoms with Crippen molar-refractivity contribution < 1.29 is 23.9 Å². The van der Waals surface area contributed by atoms with Crippen molar-refractivity contribution in [3.05, 3.63) is 104 Å². The molecule has 39 heavy (non-hydrogen) atoms. The van der Waals surface area contributed by atoms with Crippen LogP contribution in [0.15, 0.2) is 77.5 Å². The monoisotopic (exact) mass is 585 g/mol. The summed E-state index contributed by atoms with van der Waals surface area (Å²) in [5, 5.41) is 6.25. The minimum absolute atomic E-state index is 0.140. The number of hydrogen-bond donors (Lipinski definition) is 2. The summed E-state index contributed by atoms with van der Waals surface area (Å²) in [5.74, 6) is -2.28. The fourth-order valence-electron chi connectivity index (χ4n) is 3.70. The van der Waals surface area contributed by atoms with Gasteiger partial charge in [-0.2, -0.15) is 0 Å². The van der Waals surface area contributed by atoms with Crippen molar-refractivity contribution >= 4 is 69.9 Å². The quantitative estimate of drug-likeness (QED) is 0.238. The van der Waals surface area contributed by atoms with Gasteiger partial charge in [-0.05, 0) is 66.6 Å². The fourth-order valence-corrected chi connectivity index (χ4v) is 4.38. The predicted molar refractivity (Wildman–Crippen MR) is 150 cm³/mol. The number of carbonyl (C=O) groups excluding carboxylic acids is 4. The number of nitrogens with one attached hydrogen (secondary N) is 2. The molecule has 0 atom stereocenters. The number of halogens is 3. The third kappa shape index (κ3) is 6.42. The lowest BCUT2D eigenvalue weighted by molar-refractivity contribution is -0.120. The van der Waals surface area contributed by atoms with Crippen LogP contribution in [0, 0.1) is 0 Å². The van der Waals surface area contributed by atoms with Crippen molar-refractivity contribution in [1.82, 2.24) is 5.32 Å². The Morgan fingerprint density at radius 1 is 0.897 bits per heavy atom. The summed E-state index contributed by atoms with van der Waals surface area (Å²) in [6.07, 6.45) is 0.687. The first-order chi connectivity index (χ1) is 18.7. The van der Waals surface area contributed by atoms with Gasteiger partial charge in [0, 0.05) is 27.8 Å². The van der Waals surface area contributed by atoms with Crippen LogP contribution in [0.3, 0.4) is 0 Å². The maximum absolute atomic E-state index is 13.1. The van der Waals surface area contributed by atoms with Crippen molar-refractivity contribution in [3.63, 3.8) is 0 Å². The van der Waals surface area contributed by atoms with E-state index in [1.54, 1.807) is 36.4 Å². The maximum atomic E-state index is 13.1. The molecule has 0 unspecified atom stereocenters. The Hall–Kier alpha value is -3.85. The van der Waals surface area contributed by atoms with Gasteiger partial charge in [-0.1, -0.05) is 53.9 Å². The molecule has 0 radical (unpaired) electrons. The minimum atomic E-state index is -0.723. The molecule has 0 fully saturated rings. The van der Waals surface area contributed by atoms with E-state index in [9.17, 15) is 19.2 Å². The topological polar surface area (TPSA) is 105 Å². The number of nitrogens with zero attached hydrogens (tertiary/aromatic N) is 1. The van der Waals surface area contributed by atoms with Gasteiger partial charge in [0.15, 0.2) is 0 Å². The molecule has 2 N–H and O–H groups in total. The lowest BCUT2D eigenvalue weighted by atomic mass is 10.1. The normalized spacial score (nSPS) is 13.1. The minimum Gasteiger partial charge on any atom is -0.462 e. The van der Waals surface area contributed by atoms with E-state index in [4.69, 9.17) is 39.5 Å². The molecule has 0 aliphatic carbocycles. The molecule has 4 rings (SSSR count).